The van der Waals surface area contributed by atoms with Gasteiger partial charge in [0.1, 0.15) is 0 Å². The molecule has 2 heterocycles. The third kappa shape index (κ3) is 4.35. The number of carbonyl (C=O) groups excluding carboxylic acids is 1. The van der Waals surface area contributed by atoms with Gasteiger partial charge in [0.15, 0.2) is 16.6 Å². The van der Waals surface area contributed by atoms with Crippen LogP contribution in [-0.2, 0) is 17.6 Å². The van der Waals surface area contributed by atoms with Crippen LogP contribution in [0, 0.1) is 0 Å². The second-order valence-corrected chi connectivity index (χ2v) is 7.68. The van der Waals surface area contributed by atoms with Crippen molar-refractivity contribution in [2.75, 3.05) is 31.4 Å². The first-order chi connectivity index (χ1) is 14.2. The van der Waals surface area contributed by atoms with Crippen LogP contribution in [-0.4, -0.2) is 31.7 Å². The minimum absolute atomic E-state index is 0.0832. The van der Waals surface area contributed by atoms with Crippen LogP contribution >= 0.6 is 11.3 Å². The summed E-state index contributed by atoms with van der Waals surface area (Å²) in [6, 6.07) is 12.1. The lowest BCUT2D eigenvalue weighted by molar-refractivity contribution is -0.116. The maximum absolute atomic E-state index is 11.5. The molecule has 3 aromatic rings. The molecular weight excluding hydrogens is 386 g/mol. The number of methoxy groups -OCH3 is 2. The molecule has 0 spiro atoms. The predicted molar refractivity (Wildman–Crippen MR) is 116 cm³/mol. The van der Waals surface area contributed by atoms with Gasteiger partial charge >= 0.3 is 0 Å². The summed E-state index contributed by atoms with van der Waals surface area (Å²) < 4.78 is 10.6. The average molecular weight is 410 g/mol. The molecule has 2 aromatic carbocycles. The SMILES string of the molecule is COc1ccc(CCNc2nc(-c3ccc4c(c3)CCC(=O)N4)cs2)cc1OC. The zero-order valence-corrected chi connectivity index (χ0v) is 17.3. The van der Waals surface area contributed by atoms with E-state index in [9.17, 15) is 4.79 Å². The van der Waals surface area contributed by atoms with Crippen LogP contribution in [0.2, 0.25) is 0 Å². The van der Waals surface area contributed by atoms with E-state index < -0.39 is 0 Å². The summed E-state index contributed by atoms with van der Waals surface area (Å²) in [6.45, 7) is 0.776. The Morgan fingerprint density at radius 3 is 2.79 bits per heavy atom. The monoisotopic (exact) mass is 409 g/mol. The molecule has 1 aromatic heterocycles. The smallest absolute Gasteiger partial charge is 0.224 e. The summed E-state index contributed by atoms with van der Waals surface area (Å²) in [5.41, 5.74) is 5.27. The van der Waals surface area contributed by atoms with E-state index in [2.05, 4.69) is 22.1 Å². The van der Waals surface area contributed by atoms with Gasteiger partial charge in [0.25, 0.3) is 0 Å². The van der Waals surface area contributed by atoms with Gasteiger partial charge in [0.2, 0.25) is 5.91 Å². The number of amides is 1. The van der Waals surface area contributed by atoms with Gasteiger partial charge in [-0.15, -0.1) is 11.3 Å². The van der Waals surface area contributed by atoms with E-state index in [1.807, 2.05) is 30.3 Å². The highest BCUT2D eigenvalue weighted by molar-refractivity contribution is 7.14. The number of carbonyl (C=O) groups is 1. The highest BCUT2D eigenvalue weighted by Gasteiger charge is 2.16. The van der Waals surface area contributed by atoms with Gasteiger partial charge < -0.3 is 20.1 Å². The maximum Gasteiger partial charge on any atom is 0.224 e. The number of benzene rings is 2. The van der Waals surface area contributed by atoms with Gasteiger partial charge in [-0.1, -0.05) is 12.1 Å². The lowest BCUT2D eigenvalue weighted by Gasteiger charge is -2.17. The number of nitrogens with one attached hydrogen (secondary N) is 2. The van der Waals surface area contributed by atoms with Crippen molar-refractivity contribution in [3.63, 3.8) is 0 Å². The first kappa shape index (κ1) is 19.3. The molecule has 1 aliphatic heterocycles. The van der Waals surface area contributed by atoms with Crippen molar-refractivity contribution in [3.05, 3.63) is 52.9 Å². The summed E-state index contributed by atoms with van der Waals surface area (Å²) >= 11 is 1.59. The van der Waals surface area contributed by atoms with Crippen LogP contribution in [0.15, 0.2) is 41.8 Å². The molecule has 0 unspecified atom stereocenters. The second-order valence-electron chi connectivity index (χ2n) is 6.82. The standard InChI is InChI=1S/C22H23N3O3S/c1-27-19-7-3-14(11-20(19)28-2)9-10-23-22-25-18(13-29-22)16-4-6-17-15(12-16)5-8-21(26)24-17/h3-4,6-7,11-13H,5,8-10H2,1-2H3,(H,23,25)(H,24,26). The second kappa shape index (κ2) is 8.53. The van der Waals surface area contributed by atoms with Crippen LogP contribution in [0.1, 0.15) is 17.5 Å². The van der Waals surface area contributed by atoms with E-state index >= 15 is 0 Å². The van der Waals surface area contributed by atoms with Crippen LogP contribution in [0.25, 0.3) is 11.3 Å². The minimum Gasteiger partial charge on any atom is -0.493 e. The highest BCUT2D eigenvalue weighted by atomic mass is 32.1. The highest BCUT2D eigenvalue weighted by Crippen LogP contribution is 2.31. The van der Waals surface area contributed by atoms with Gasteiger partial charge in [-0.05, 0) is 48.2 Å². The Hall–Kier alpha value is -3.06. The third-order valence-electron chi connectivity index (χ3n) is 4.94. The van der Waals surface area contributed by atoms with Crippen molar-refractivity contribution in [1.29, 1.82) is 0 Å². The molecule has 0 saturated heterocycles. The lowest BCUT2D eigenvalue weighted by atomic mass is 9.99. The van der Waals surface area contributed by atoms with Crippen molar-refractivity contribution >= 4 is 28.1 Å². The number of hydrogen-bond donors (Lipinski definition) is 2. The average Bonchev–Trinajstić information content (AvgIpc) is 3.22. The Kier molecular flexibility index (Phi) is 5.67. The Balaban J connectivity index is 1.38. The Labute approximate surface area is 173 Å². The quantitative estimate of drug-likeness (QED) is 0.606. The first-order valence-corrected chi connectivity index (χ1v) is 10.4. The summed E-state index contributed by atoms with van der Waals surface area (Å²) in [6.07, 6.45) is 2.17. The number of hydrogen-bond acceptors (Lipinski definition) is 6. The fourth-order valence-electron chi connectivity index (χ4n) is 3.38. The van der Waals surface area contributed by atoms with E-state index in [1.54, 1.807) is 25.6 Å². The van der Waals surface area contributed by atoms with E-state index in [4.69, 9.17) is 14.5 Å². The van der Waals surface area contributed by atoms with Crippen LogP contribution < -0.4 is 20.1 Å². The van der Waals surface area contributed by atoms with Gasteiger partial charge in [0.05, 0.1) is 19.9 Å². The first-order valence-electron chi connectivity index (χ1n) is 9.49. The van der Waals surface area contributed by atoms with E-state index in [0.29, 0.717) is 6.42 Å². The van der Waals surface area contributed by atoms with Crippen molar-refractivity contribution in [2.24, 2.45) is 0 Å². The van der Waals surface area contributed by atoms with Crippen molar-refractivity contribution in [2.45, 2.75) is 19.3 Å². The largest absolute Gasteiger partial charge is 0.493 e. The molecule has 29 heavy (non-hydrogen) atoms. The zero-order chi connectivity index (χ0) is 20.2. The molecule has 1 aliphatic rings. The Morgan fingerprint density at radius 2 is 1.97 bits per heavy atom. The Morgan fingerprint density at radius 1 is 1.10 bits per heavy atom. The molecule has 1 amide bonds. The van der Waals surface area contributed by atoms with Gasteiger partial charge in [0, 0.05) is 29.6 Å². The van der Waals surface area contributed by atoms with E-state index in [1.165, 1.54) is 5.56 Å². The number of fused-ring (bicyclic) bond motifs is 1. The van der Waals surface area contributed by atoms with Crippen LogP contribution in [0.3, 0.4) is 0 Å². The van der Waals surface area contributed by atoms with Crippen molar-refractivity contribution < 1.29 is 14.3 Å². The predicted octanol–water partition coefficient (Wildman–Crippen LogP) is 4.37. The molecule has 6 nitrogen and oxygen atoms in total. The molecule has 2 N–H and O–H groups in total. The number of nitrogens with zero attached hydrogens (tertiary/aromatic N) is 1. The normalized spacial score (nSPS) is 12.8. The fourth-order valence-corrected chi connectivity index (χ4v) is 4.13. The zero-order valence-electron chi connectivity index (χ0n) is 16.5. The molecule has 0 radical (unpaired) electrons. The van der Waals surface area contributed by atoms with Gasteiger partial charge in [-0.2, -0.15) is 0 Å². The van der Waals surface area contributed by atoms with Crippen molar-refractivity contribution in [1.82, 2.24) is 4.98 Å². The van der Waals surface area contributed by atoms with E-state index in [0.717, 1.165) is 58.5 Å². The molecule has 4 rings (SSSR count). The summed E-state index contributed by atoms with van der Waals surface area (Å²) in [4.78, 5) is 16.2. The lowest BCUT2D eigenvalue weighted by Crippen LogP contribution is -2.18. The van der Waals surface area contributed by atoms with Gasteiger partial charge in [-0.25, -0.2) is 4.98 Å². The van der Waals surface area contributed by atoms with Crippen LogP contribution in [0.5, 0.6) is 11.5 Å². The molecule has 7 heteroatoms. The van der Waals surface area contributed by atoms with E-state index in [-0.39, 0.29) is 5.91 Å². The maximum atomic E-state index is 11.5. The number of aryl methyl sites for hydroxylation is 1. The molecule has 0 fully saturated rings. The van der Waals surface area contributed by atoms with Gasteiger partial charge in [-0.3, -0.25) is 4.79 Å². The molecule has 0 atom stereocenters. The molecule has 0 bridgehead atoms. The third-order valence-corrected chi connectivity index (χ3v) is 5.74. The summed E-state index contributed by atoms with van der Waals surface area (Å²) in [5, 5.41) is 9.26. The van der Waals surface area contributed by atoms with Crippen LogP contribution in [0.4, 0.5) is 10.8 Å². The number of aromatic nitrogens is 1. The molecule has 0 saturated carbocycles. The summed E-state index contributed by atoms with van der Waals surface area (Å²) in [5.74, 6) is 1.56. The molecule has 150 valence electrons. The number of thiazole rings is 1. The fraction of sp³-hybridized carbons (Fsp3) is 0.273. The minimum atomic E-state index is 0.0832. The number of anilines is 2. The summed E-state index contributed by atoms with van der Waals surface area (Å²) in [7, 11) is 3.28. The Bertz CT molecular complexity index is 1030. The molecule has 0 aliphatic carbocycles. The number of rotatable bonds is 7. The number of ether oxygens (including phenoxy) is 2. The topological polar surface area (TPSA) is 72.5 Å². The van der Waals surface area contributed by atoms with Crippen molar-refractivity contribution in [3.8, 4) is 22.8 Å². The molecular formula is C22H23N3O3S.